The van der Waals surface area contributed by atoms with Crippen molar-refractivity contribution in [1.29, 1.82) is 0 Å². The largest absolute Gasteiger partial charge is 0.337 e. The first-order valence-electron chi connectivity index (χ1n) is 10.5. The van der Waals surface area contributed by atoms with E-state index in [1.165, 1.54) is 11.1 Å². The molecule has 2 aliphatic heterocycles. The summed E-state index contributed by atoms with van der Waals surface area (Å²) in [5.41, 5.74) is 5.12. The van der Waals surface area contributed by atoms with Crippen molar-refractivity contribution in [2.45, 2.75) is 52.1 Å². The van der Waals surface area contributed by atoms with E-state index in [4.69, 9.17) is 0 Å². The number of amides is 1. The second-order valence-electron chi connectivity index (χ2n) is 8.83. The summed E-state index contributed by atoms with van der Waals surface area (Å²) in [5.74, 6) is 0.329. The average Bonchev–Trinajstić information content (AvgIpc) is 2.69. The minimum absolute atomic E-state index is 0.0507. The van der Waals surface area contributed by atoms with Gasteiger partial charge in [0.25, 0.3) is 0 Å². The number of carbonyl (C=O) groups is 1. The van der Waals surface area contributed by atoms with Crippen LogP contribution in [0.2, 0.25) is 0 Å². The monoisotopic (exact) mass is 377 g/mol. The van der Waals surface area contributed by atoms with Gasteiger partial charge in [-0.3, -0.25) is 14.7 Å². The highest BCUT2D eigenvalue weighted by Crippen LogP contribution is 2.42. The molecule has 0 N–H and O–H groups in total. The molecule has 0 radical (unpaired) electrons. The van der Waals surface area contributed by atoms with Crippen molar-refractivity contribution in [2.24, 2.45) is 5.92 Å². The Bertz CT molecular complexity index is 852. The third kappa shape index (κ3) is 3.70. The number of benzene rings is 1. The number of aryl methyl sites for hydroxylation is 1. The van der Waals surface area contributed by atoms with Crippen molar-refractivity contribution in [1.82, 2.24) is 14.8 Å². The molecule has 4 heteroatoms. The van der Waals surface area contributed by atoms with Crippen LogP contribution in [-0.2, 0) is 23.3 Å². The van der Waals surface area contributed by atoms with Gasteiger partial charge in [-0.05, 0) is 56.1 Å². The van der Waals surface area contributed by atoms with Gasteiger partial charge in [0, 0.05) is 36.7 Å². The molecular formula is C24H31N3O. The quantitative estimate of drug-likeness (QED) is 0.813. The van der Waals surface area contributed by atoms with E-state index in [1.54, 1.807) is 0 Å². The maximum Gasteiger partial charge on any atom is 0.225 e. The van der Waals surface area contributed by atoms with Gasteiger partial charge in [0.05, 0.1) is 5.69 Å². The van der Waals surface area contributed by atoms with Gasteiger partial charge in [-0.2, -0.15) is 0 Å². The standard InChI is InChI=1S/C24H31N3O/c1-18(2)23(28)27-15-20-8-4-5-10-22(20)24(17-27)11-13-26(14-12-24)16-21-9-6-7-19(3)25-21/h4-10,18H,11-17H2,1-3H3. The van der Waals surface area contributed by atoms with Gasteiger partial charge >= 0.3 is 0 Å². The highest BCUT2D eigenvalue weighted by atomic mass is 16.2. The van der Waals surface area contributed by atoms with E-state index >= 15 is 0 Å². The zero-order valence-electron chi connectivity index (χ0n) is 17.3. The van der Waals surface area contributed by atoms with E-state index in [-0.39, 0.29) is 17.2 Å². The fourth-order valence-electron chi connectivity index (χ4n) is 4.89. The number of nitrogens with zero attached hydrogens (tertiary/aromatic N) is 3. The van der Waals surface area contributed by atoms with Gasteiger partial charge in [-0.25, -0.2) is 0 Å². The van der Waals surface area contributed by atoms with Crippen molar-refractivity contribution < 1.29 is 4.79 Å². The topological polar surface area (TPSA) is 36.4 Å². The normalized spacial score (nSPS) is 19.1. The maximum atomic E-state index is 12.8. The molecule has 4 nitrogen and oxygen atoms in total. The molecule has 0 saturated carbocycles. The molecule has 1 aromatic carbocycles. The molecule has 1 aromatic heterocycles. The predicted octanol–water partition coefficient (Wildman–Crippen LogP) is 3.92. The molecule has 148 valence electrons. The van der Waals surface area contributed by atoms with Crippen LogP contribution in [0.15, 0.2) is 42.5 Å². The van der Waals surface area contributed by atoms with Gasteiger partial charge in [-0.1, -0.05) is 44.2 Å². The van der Waals surface area contributed by atoms with Crippen LogP contribution in [0.3, 0.4) is 0 Å². The van der Waals surface area contributed by atoms with E-state index in [0.29, 0.717) is 0 Å². The zero-order valence-corrected chi connectivity index (χ0v) is 17.3. The first-order valence-corrected chi connectivity index (χ1v) is 10.5. The van der Waals surface area contributed by atoms with E-state index < -0.39 is 0 Å². The average molecular weight is 378 g/mol. The molecule has 28 heavy (non-hydrogen) atoms. The van der Waals surface area contributed by atoms with Crippen LogP contribution >= 0.6 is 0 Å². The Balaban J connectivity index is 1.53. The Hall–Kier alpha value is -2.20. The highest BCUT2D eigenvalue weighted by Gasteiger charge is 2.43. The molecule has 4 rings (SSSR count). The van der Waals surface area contributed by atoms with Crippen molar-refractivity contribution in [3.63, 3.8) is 0 Å². The van der Waals surface area contributed by atoms with E-state index in [2.05, 4.69) is 51.2 Å². The van der Waals surface area contributed by atoms with Gasteiger partial charge in [0.15, 0.2) is 0 Å². The molecule has 2 aromatic rings. The lowest BCUT2D eigenvalue weighted by atomic mass is 9.68. The molecule has 1 fully saturated rings. The molecule has 0 unspecified atom stereocenters. The number of likely N-dealkylation sites (tertiary alicyclic amines) is 1. The lowest BCUT2D eigenvalue weighted by Crippen LogP contribution is -2.53. The Labute approximate surface area is 168 Å². The summed E-state index contributed by atoms with van der Waals surface area (Å²) in [6, 6.07) is 15.0. The second-order valence-corrected chi connectivity index (χ2v) is 8.83. The number of aromatic nitrogens is 1. The van der Waals surface area contributed by atoms with Gasteiger partial charge in [0.1, 0.15) is 0 Å². The lowest BCUT2D eigenvalue weighted by molar-refractivity contribution is -0.137. The summed E-state index contributed by atoms with van der Waals surface area (Å²) in [6.45, 7) is 10.7. The number of hydrogen-bond acceptors (Lipinski definition) is 3. The fourth-order valence-corrected chi connectivity index (χ4v) is 4.89. The lowest BCUT2D eigenvalue weighted by Gasteiger charge is -2.49. The second kappa shape index (κ2) is 7.67. The summed E-state index contributed by atoms with van der Waals surface area (Å²) in [4.78, 5) is 22.1. The van der Waals surface area contributed by atoms with E-state index in [0.717, 1.165) is 57.0 Å². The van der Waals surface area contributed by atoms with Crippen molar-refractivity contribution in [3.8, 4) is 0 Å². The molecule has 3 heterocycles. The first kappa shape index (κ1) is 19.1. The Morgan fingerprint density at radius 2 is 1.86 bits per heavy atom. The number of piperidine rings is 1. The molecular weight excluding hydrogens is 346 g/mol. The van der Waals surface area contributed by atoms with Crippen LogP contribution in [0.1, 0.15) is 49.2 Å². The van der Waals surface area contributed by atoms with Crippen molar-refractivity contribution in [3.05, 3.63) is 65.0 Å². The van der Waals surface area contributed by atoms with Gasteiger partial charge in [0.2, 0.25) is 5.91 Å². The summed E-state index contributed by atoms with van der Waals surface area (Å²) in [6.07, 6.45) is 2.19. The van der Waals surface area contributed by atoms with Gasteiger partial charge < -0.3 is 4.90 Å². The van der Waals surface area contributed by atoms with Crippen LogP contribution in [0, 0.1) is 12.8 Å². The number of carbonyl (C=O) groups excluding carboxylic acids is 1. The number of pyridine rings is 1. The van der Waals surface area contributed by atoms with Crippen LogP contribution in [0.5, 0.6) is 0 Å². The number of rotatable bonds is 3. The fraction of sp³-hybridized carbons (Fsp3) is 0.500. The minimum Gasteiger partial charge on any atom is -0.337 e. The summed E-state index contributed by atoms with van der Waals surface area (Å²) in [5, 5.41) is 0. The zero-order chi connectivity index (χ0) is 19.7. The molecule has 0 aliphatic carbocycles. The Kier molecular flexibility index (Phi) is 5.24. The third-order valence-electron chi connectivity index (χ3n) is 6.39. The molecule has 2 aliphatic rings. The predicted molar refractivity (Wildman–Crippen MR) is 112 cm³/mol. The van der Waals surface area contributed by atoms with Crippen molar-refractivity contribution >= 4 is 5.91 Å². The first-order chi connectivity index (χ1) is 13.5. The Morgan fingerprint density at radius 1 is 1.11 bits per heavy atom. The van der Waals surface area contributed by atoms with Crippen LogP contribution < -0.4 is 0 Å². The van der Waals surface area contributed by atoms with Crippen LogP contribution in [0.25, 0.3) is 0 Å². The molecule has 1 saturated heterocycles. The smallest absolute Gasteiger partial charge is 0.225 e. The van der Waals surface area contributed by atoms with Crippen molar-refractivity contribution in [2.75, 3.05) is 19.6 Å². The maximum absolute atomic E-state index is 12.8. The van der Waals surface area contributed by atoms with Gasteiger partial charge in [-0.15, -0.1) is 0 Å². The van der Waals surface area contributed by atoms with Crippen LogP contribution in [0.4, 0.5) is 0 Å². The summed E-state index contributed by atoms with van der Waals surface area (Å²) < 4.78 is 0. The van der Waals surface area contributed by atoms with E-state index in [1.807, 2.05) is 26.8 Å². The number of hydrogen-bond donors (Lipinski definition) is 0. The SMILES string of the molecule is Cc1cccc(CN2CCC3(CC2)CN(C(=O)C(C)C)Cc2ccccc23)n1. The number of fused-ring (bicyclic) bond motifs is 2. The molecule has 0 bridgehead atoms. The summed E-state index contributed by atoms with van der Waals surface area (Å²) in [7, 11) is 0. The molecule has 0 atom stereocenters. The highest BCUT2D eigenvalue weighted by molar-refractivity contribution is 5.78. The molecule has 1 spiro atoms. The molecule has 1 amide bonds. The third-order valence-corrected chi connectivity index (χ3v) is 6.39. The Morgan fingerprint density at radius 3 is 2.57 bits per heavy atom. The van der Waals surface area contributed by atoms with E-state index in [9.17, 15) is 4.79 Å². The summed E-state index contributed by atoms with van der Waals surface area (Å²) >= 11 is 0. The minimum atomic E-state index is 0.0507. The van der Waals surface area contributed by atoms with Crippen LogP contribution in [-0.4, -0.2) is 40.3 Å².